The van der Waals surface area contributed by atoms with Crippen LogP contribution in [0.1, 0.15) is 5.56 Å². The summed E-state index contributed by atoms with van der Waals surface area (Å²) in [6, 6.07) is 12.0. The molecule has 0 saturated carbocycles. The smallest absolute Gasteiger partial charge is 0.387 e. The maximum absolute atomic E-state index is 12.4. The number of hydrogen-bond acceptors (Lipinski definition) is 3. The van der Waals surface area contributed by atoms with Gasteiger partial charge in [-0.05, 0) is 30.3 Å². The topological polar surface area (TPSA) is 62.1 Å². The van der Waals surface area contributed by atoms with Crippen LogP contribution in [0.3, 0.4) is 0 Å². The standard InChI is InChI=1S/C17H10Cl2F2N2O2/c18-12-5-6-13(19)14(8-12)23-16(24)11(9-22)7-10-3-1-2-4-15(10)25-17(20)21/h1-8,17H,(H,23,24). The zero-order chi connectivity index (χ0) is 18.4. The number of amides is 1. The van der Waals surface area contributed by atoms with Crippen molar-refractivity contribution in [2.75, 3.05) is 5.32 Å². The zero-order valence-corrected chi connectivity index (χ0v) is 14.0. The van der Waals surface area contributed by atoms with Crippen LogP contribution in [0.25, 0.3) is 6.08 Å². The Morgan fingerprint density at radius 1 is 1.24 bits per heavy atom. The van der Waals surface area contributed by atoms with Crippen LogP contribution in [0, 0.1) is 11.3 Å². The molecule has 25 heavy (non-hydrogen) atoms. The molecule has 4 nitrogen and oxygen atoms in total. The van der Waals surface area contributed by atoms with Crippen LogP contribution in [0.2, 0.25) is 10.0 Å². The summed E-state index contributed by atoms with van der Waals surface area (Å²) >= 11 is 11.8. The first-order chi connectivity index (χ1) is 11.9. The van der Waals surface area contributed by atoms with Gasteiger partial charge in [-0.15, -0.1) is 0 Å². The number of hydrogen-bond donors (Lipinski definition) is 1. The van der Waals surface area contributed by atoms with Crippen molar-refractivity contribution in [3.8, 4) is 11.8 Å². The van der Waals surface area contributed by atoms with Crippen molar-refractivity contribution in [3.05, 3.63) is 63.6 Å². The van der Waals surface area contributed by atoms with Crippen molar-refractivity contribution < 1.29 is 18.3 Å². The lowest BCUT2D eigenvalue weighted by molar-refractivity contribution is -0.112. The lowest BCUT2D eigenvalue weighted by atomic mass is 10.1. The third-order valence-electron chi connectivity index (χ3n) is 2.98. The minimum Gasteiger partial charge on any atom is -0.434 e. The molecule has 0 bridgehead atoms. The lowest BCUT2D eigenvalue weighted by Crippen LogP contribution is -2.14. The van der Waals surface area contributed by atoms with Crippen LogP contribution in [-0.2, 0) is 4.79 Å². The predicted octanol–water partition coefficient (Wildman–Crippen LogP) is 5.14. The van der Waals surface area contributed by atoms with Gasteiger partial charge in [-0.25, -0.2) is 0 Å². The number of carbonyl (C=O) groups excluding carboxylic acids is 1. The molecule has 0 radical (unpaired) electrons. The summed E-state index contributed by atoms with van der Waals surface area (Å²) in [5, 5.41) is 12.2. The average molecular weight is 383 g/mol. The first kappa shape index (κ1) is 18.7. The molecule has 2 aromatic carbocycles. The number of halogens is 4. The van der Waals surface area contributed by atoms with Gasteiger partial charge in [0.2, 0.25) is 0 Å². The molecule has 0 unspecified atom stereocenters. The molecule has 0 aromatic heterocycles. The van der Waals surface area contributed by atoms with Crippen molar-refractivity contribution >= 4 is 40.9 Å². The summed E-state index contributed by atoms with van der Waals surface area (Å²) in [6.07, 6.45) is 1.14. The van der Waals surface area contributed by atoms with Crippen LogP contribution in [0.4, 0.5) is 14.5 Å². The van der Waals surface area contributed by atoms with E-state index in [1.165, 1.54) is 30.3 Å². The largest absolute Gasteiger partial charge is 0.434 e. The number of rotatable bonds is 5. The molecule has 0 spiro atoms. The molecule has 2 rings (SSSR count). The van der Waals surface area contributed by atoms with Crippen molar-refractivity contribution in [1.29, 1.82) is 5.26 Å². The summed E-state index contributed by atoms with van der Waals surface area (Å²) in [7, 11) is 0. The summed E-state index contributed by atoms with van der Waals surface area (Å²) in [5.74, 6) is -0.919. The maximum Gasteiger partial charge on any atom is 0.387 e. The van der Waals surface area contributed by atoms with Gasteiger partial charge >= 0.3 is 6.61 Å². The average Bonchev–Trinajstić information content (AvgIpc) is 2.56. The second kappa shape index (κ2) is 8.47. The molecule has 128 valence electrons. The van der Waals surface area contributed by atoms with Gasteiger partial charge in [-0.3, -0.25) is 4.79 Å². The van der Waals surface area contributed by atoms with Gasteiger partial charge in [0, 0.05) is 10.6 Å². The Labute approximate surface area is 152 Å². The van der Waals surface area contributed by atoms with Gasteiger partial charge in [0.05, 0.1) is 10.7 Å². The van der Waals surface area contributed by atoms with Gasteiger partial charge in [-0.1, -0.05) is 41.4 Å². The fourth-order valence-corrected chi connectivity index (χ4v) is 2.23. The molecule has 0 heterocycles. The maximum atomic E-state index is 12.4. The molecule has 0 aliphatic carbocycles. The van der Waals surface area contributed by atoms with Gasteiger partial charge in [-0.2, -0.15) is 14.0 Å². The highest BCUT2D eigenvalue weighted by Crippen LogP contribution is 2.27. The highest BCUT2D eigenvalue weighted by atomic mass is 35.5. The second-order valence-electron chi connectivity index (χ2n) is 4.66. The van der Waals surface area contributed by atoms with Gasteiger partial charge < -0.3 is 10.1 Å². The second-order valence-corrected chi connectivity index (χ2v) is 5.51. The minimum absolute atomic E-state index is 0.154. The highest BCUT2D eigenvalue weighted by Gasteiger charge is 2.14. The van der Waals surface area contributed by atoms with E-state index in [0.717, 1.165) is 6.08 Å². The van der Waals surface area contributed by atoms with E-state index in [4.69, 9.17) is 23.2 Å². The number of benzene rings is 2. The Kier molecular flexibility index (Phi) is 6.34. The van der Waals surface area contributed by atoms with Crippen LogP contribution in [-0.4, -0.2) is 12.5 Å². The van der Waals surface area contributed by atoms with Gasteiger partial charge in [0.1, 0.15) is 17.4 Å². The fraction of sp³-hybridized carbons (Fsp3) is 0.0588. The van der Waals surface area contributed by atoms with E-state index in [9.17, 15) is 18.8 Å². The third-order valence-corrected chi connectivity index (χ3v) is 3.54. The third kappa shape index (κ3) is 5.18. The van der Waals surface area contributed by atoms with Crippen LogP contribution in [0.15, 0.2) is 48.0 Å². The van der Waals surface area contributed by atoms with Crippen LogP contribution in [0.5, 0.6) is 5.75 Å². The molecule has 2 aromatic rings. The van der Waals surface area contributed by atoms with Crippen molar-refractivity contribution in [2.24, 2.45) is 0 Å². The number of carbonyl (C=O) groups is 1. The van der Waals surface area contributed by atoms with E-state index in [2.05, 4.69) is 10.1 Å². The van der Waals surface area contributed by atoms with Crippen LogP contribution < -0.4 is 10.1 Å². The molecular weight excluding hydrogens is 373 g/mol. The van der Waals surface area contributed by atoms with E-state index in [1.54, 1.807) is 18.2 Å². The molecular formula is C17H10Cl2F2N2O2. The monoisotopic (exact) mass is 382 g/mol. The predicted molar refractivity (Wildman–Crippen MR) is 91.8 cm³/mol. The number of anilines is 1. The molecule has 0 saturated heterocycles. The Balaban J connectivity index is 2.30. The fourth-order valence-electron chi connectivity index (χ4n) is 1.89. The lowest BCUT2D eigenvalue weighted by Gasteiger charge is -2.09. The number of alkyl halides is 2. The summed E-state index contributed by atoms with van der Waals surface area (Å²) < 4.78 is 29.2. The van der Waals surface area contributed by atoms with Gasteiger partial charge in [0.15, 0.2) is 0 Å². The number of ether oxygens (including phenoxy) is 1. The van der Waals surface area contributed by atoms with E-state index >= 15 is 0 Å². The van der Waals surface area contributed by atoms with Crippen molar-refractivity contribution in [3.63, 3.8) is 0 Å². The van der Waals surface area contributed by atoms with E-state index < -0.39 is 12.5 Å². The summed E-state index contributed by atoms with van der Waals surface area (Å²) in [6.45, 7) is -3.03. The van der Waals surface area contributed by atoms with Crippen molar-refractivity contribution in [2.45, 2.75) is 6.61 Å². The van der Waals surface area contributed by atoms with Crippen molar-refractivity contribution in [1.82, 2.24) is 0 Å². The normalized spacial score (nSPS) is 11.1. The molecule has 1 N–H and O–H groups in total. The first-order valence-corrected chi connectivity index (χ1v) is 7.58. The van der Waals surface area contributed by atoms with Crippen LogP contribution >= 0.6 is 23.2 Å². The molecule has 0 fully saturated rings. The Hall–Kier alpha value is -2.62. The molecule has 0 aliphatic rings. The quantitative estimate of drug-likeness (QED) is 0.575. The first-order valence-electron chi connectivity index (χ1n) is 6.82. The number of nitriles is 1. The molecule has 0 atom stereocenters. The Morgan fingerprint density at radius 2 is 1.96 bits per heavy atom. The van der Waals surface area contributed by atoms with E-state index in [0.29, 0.717) is 5.02 Å². The number of para-hydroxylation sites is 1. The molecule has 0 aliphatic heterocycles. The molecule has 1 amide bonds. The Morgan fingerprint density at radius 3 is 2.64 bits per heavy atom. The minimum atomic E-state index is -3.03. The van der Waals surface area contributed by atoms with E-state index in [-0.39, 0.29) is 27.6 Å². The summed E-state index contributed by atoms with van der Waals surface area (Å²) in [5.41, 5.74) is 0.0606. The highest BCUT2D eigenvalue weighted by molar-refractivity contribution is 6.36. The Bertz CT molecular complexity index is 864. The number of nitrogens with zero attached hydrogens (tertiary/aromatic N) is 1. The SMILES string of the molecule is N#CC(=Cc1ccccc1OC(F)F)C(=O)Nc1cc(Cl)ccc1Cl. The molecule has 8 heteroatoms. The number of nitrogens with one attached hydrogen (secondary N) is 1. The van der Waals surface area contributed by atoms with Gasteiger partial charge in [0.25, 0.3) is 5.91 Å². The van der Waals surface area contributed by atoms with E-state index in [1.807, 2.05) is 0 Å². The zero-order valence-electron chi connectivity index (χ0n) is 12.5. The summed E-state index contributed by atoms with van der Waals surface area (Å²) in [4.78, 5) is 12.3.